The van der Waals surface area contributed by atoms with E-state index in [0.717, 1.165) is 36.9 Å². The highest BCUT2D eigenvalue weighted by Crippen LogP contribution is 2.45. The normalized spacial score (nSPS) is 41.0. The van der Waals surface area contributed by atoms with Crippen LogP contribution in [-0.2, 0) is 4.74 Å². The van der Waals surface area contributed by atoms with Crippen molar-refractivity contribution in [2.75, 3.05) is 13.2 Å². The number of allylic oxidation sites excluding steroid dienone is 2. The van der Waals surface area contributed by atoms with Gasteiger partial charge in [-0.25, -0.2) is 0 Å². The van der Waals surface area contributed by atoms with Crippen molar-refractivity contribution in [2.24, 2.45) is 23.7 Å². The standard InChI is InChI=1S/C15H24O/c1(3-12-7-8-16-11-12)2-4-14-9-13-5-6-15(14)10-13/h5-6,12-15H,1-4,7-11H2. The molecule has 0 N–H and O–H groups in total. The molecule has 90 valence electrons. The maximum Gasteiger partial charge on any atom is 0.0495 e. The van der Waals surface area contributed by atoms with Gasteiger partial charge in [0.25, 0.3) is 0 Å². The highest BCUT2D eigenvalue weighted by molar-refractivity contribution is 5.09. The van der Waals surface area contributed by atoms with Crippen molar-refractivity contribution < 1.29 is 4.74 Å². The van der Waals surface area contributed by atoms with Crippen LogP contribution in [0.3, 0.4) is 0 Å². The fourth-order valence-electron chi connectivity index (χ4n) is 3.88. The molecule has 0 spiro atoms. The molecule has 1 nitrogen and oxygen atoms in total. The third-order valence-electron chi connectivity index (χ3n) is 4.88. The summed E-state index contributed by atoms with van der Waals surface area (Å²) in [5, 5.41) is 0. The quantitative estimate of drug-likeness (QED) is 0.506. The largest absolute Gasteiger partial charge is 0.381 e. The van der Waals surface area contributed by atoms with E-state index in [0.29, 0.717) is 0 Å². The lowest BCUT2D eigenvalue weighted by Gasteiger charge is -2.18. The predicted molar refractivity (Wildman–Crippen MR) is 66.2 cm³/mol. The number of hydrogen-bond acceptors (Lipinski definition) is 1. The molecule has 3 aliphatic rings. The van der Waals surface area contributed by atoms with E-state index in [1.54, 1.807) is 0 Å². The van der Waals surface area contributed by atoms with E-state index in [9.17, 15) is 0 Å². The fraction of sp³-hybridized carbons (Fsp3) is 0.867. The molecule has 0 aromatic rings. The minimum absolute atomic E-state index is 0.889. The molecular formula is C15H24O. The van der Waals surface area contributed by atoms with Gasteiger partial charge >= 0.3 is 0 Å². The Morgan fingerprint density at radius 2 is 2.00 bits per heavy atom. The van der Waals surface area contributed by atoms with Gasteiger partial charge in [-0.2, -0.15) is 0 Å². The van der Waals surface area contributed by atoms with Crippen LogP contribution in [0.25, 0.3) is 0 Å². The Bertz CT molecular complexity index is 252. The van der Waals surface area contributed by atoms with Gasteiger partial charge in [0.05, 0.1) is 0 Å². The molecular weight excluding hydrogens is 196 g/mol. The van der Waals surface area contributed by atoms with Crippen molar-refractivity contribution in [2.45, 2.75) is 44.9 Å². The van der Waals surface area contributed by atoms with Crippen molar-refractivity contribution in [3.63, 3.8) is 0 Å². The summed E-state index contributed by atoms with van der Waals surface area (Å²) in [6.07, 6.45) is 15.0. The first kappa shape index (κ1) is 10.8. The van der Waals surface area contributed by atoms with Crippen molar-refractivity contribution in [1.82, 2.24) is 0 Å². The average molecular weight is 220 g/mol. The van der Waals surface area contributed by atoms with Crippen molar-refractivity contribution in [3.05, 3.63) is 12.2 Å². The zero-order valence-corrected chi connectivity index (χ0v) is 10.2. The van der Waals surface area contributed by atoms with Crippen LogP contribution in [0.2, 0.25) is 0 Å². The monoisotopic (exact) mass is 220 g/mol. The van der Waals surface area contributed by atoms with E-state index >= 15 is 0 Å². The molecule has 1 saturated carbocycles. The first-order chi connectivity index (χ1) is 7.92. The minimum atomic E-state index is 0.889. The van der Waals surface area contributed by atoms with Gasteiger partial charge < -0.3 is 4.74 Å². The molecule has 0 aromatic carbocycles. The number of rotatable bonds is 5. The molecule has 0 radical (unpaired) electrons. The number of hydrogen-bond donors (Lipinski definition) is 0. The van der Waals surface area contributed by atoms with Crippen LogP contribution >= 0.6 is 0 Å². The molecule has 1 saturated heterocycles. The summed E-state index contributed by atoms with van der Waals surface area (Å²) in [4.78, 5) is 0. The maximum atomic E-state index is 5.42. The maximum absolute atomic E-state index is 5.42. The number of unbranched alkanes of at least 4 members (excludes halogenated alkanes) is 1. The lowest BCUT2D eigenvalue weighted by atomic mass is 9.88. The summed E-state index contributed by atoms with van der Waals surface area (Å²) >= 11 is 0. The second kappa shape index (κ2) is 4.91. The molecule has 3 rings (SSSR count). The SMILES string of the molecule is C1=CC2CC1CC2CCCCC1CCOC1. The highest BCUT2D eigenvalue weighted by Gasteiger charge is 2.34. The molecule has 2 fully saturated rings. The van der Waals surface area contributed by atoms with Gasteiger partial charge in [-0.1, -0.05) is 25.0 Å². The van der Waals surface area contributed by atoms with Crippen LogP contribution in [0.15, 0.2) is 12.2 Å². The van der Waals surface area contributed by atoms with E-state index in [1.807, 2.05) is 0 Å². The van der Waals surface area contributed by atoms with Gasteiger partial charge in [0.2, 0.25) is 0 Å². The molecule has 0 amide bonds. The zero-order chi connectivity index (χ0) is 10.8. The first-order valence-electron chi connectivity index (χ1n) is 7.18. The van der Waals surface area contributed by atoms with Gasteiger partial charge in [-0.05, 0) is 55.8 Å². The third kappa shape index (κ3) is 2.34. The van der Waals surface area contributed by atoms with Crippen LogP contribution < -0.4 is 0 Å². The van der Waals surface area contributed by atoms with Gasteiger partial charge in [0.1, 0.15) is 0 Å². The molecule has 0 aromatic heterocycles. The molecule has 16 heavy (non-hydrogen) atoms. The third-order valence-corrected chi connectivity index (χ3v) is 4.88. The van der Waals surface area contributed by atoms with E-state index in [-0.39, 0.29) is 0 Å². The second-order valence-electron chi connectivity index (χ2n) is 6.05. The Kier molecular flexibility index (Phi) is 3.32. The summed E-state index contributed by atoms with van der Waals surface area (Å²) in [5.74, 6) is 3.84. The van der Waals surface area contributed by atoms with Crippen LogP contribution in [0.4, 0.5) is 0 Å². The first-order valence-corrected chi connectivity index (χ1v) is 7.18. The minimum Gasteiger partial charge on any atom is -0.381 e. The number of ether oxygens (including phenoxy) is 1. The molecule has 4 unspecified atom stereocenters. The lowest BCUT2D eigenvalue weighted by Crippen LogP contribution is -2.07. The van der Waals surface area contributed by atoms with E-state index in [1.165, 1.54) is 44.9 Å². The van der Waals surface area contributed by atoms with Crippen LogP contribution in [0.5, 0.6) is 0 Å². The van der Waals surface area contributed by atoms with Gasteiger partial charge in [0, 0.05) is 13.2 Å². The van der Waals surface area contributed by atoms with Crippen molar-refractivity contribution >= 4 is 0 Å². The van der Waals surface area contributed by atoms with Crippen LogP contribution in [-0.4, -0.2) is 13.2 Å². The van der Waals surface area contributed by atoms with E-state index < -0.39 is 0 Å². The second-order valence-corrected chi connectivity index (χ2v) is 6.05. The van der Waals surface area contributed by atoms with Crippen molar-refractivity contribution in [3.8, 4) is 0 Å². The number of fused-ring (bicyclic) bond motifs is 2. The van der Waals surface area contributed by atoms with Crippen LogP contribution in [0.1, 0.15) is 44.9 Å². The molecule has 1 aliphatic heterocycles. The zero-order valence-electron chi connectivity index (χ0n) is 10.2. The fourth-order valence-corrected chi connectivity index (χ4v) is 3.88. The van der Waals surface area contributed by atoms with Gasteiger partial charge in [-0.3, -0.25) is 0 Å². The Morgan fingerprint density at radius 1 is 1.06 bits per heavy atom. The molecule has 2 aliphatic carbocycles. The smallest absolute Gasteiger partial charge is 0.0495 e. The Balaban J connectivity index is 1.30. The highest BCUT2D eigenvalue weighted by atomic mass is 16.5. The molecule has 1 heteroatoms. The predicted octanol–water partition coefficient (Wildman–Crippen LogP) is 3.80. The molecule has 2 bridgehead atoms. The topological polar surface area (TPSA) is 9.23 Å². The van der Waals surface area contributed by atoms with Crippen molar-refractivity contribution in [1.29, 1.82) is 0 Å². The lowest BCUT2D eigenvalue weighted by molar-refractivity contribution is 0.183. The Morgan fingerprint density at radius 3 is 2.69 bits per heavy atom. The Labute approximate surface area is 99.3 Å². The van der Waals surface area contributed by atoms with E-state index in [4.69, 9.17) is 4.74 Å². The summed E-state index contributed by atoms with van der Waals surface area (Å²) in [5.41, 5.74) is 0. The van der Waals surface area contributed by atoms with E-state index in [2.05, 4.69) is 12.2 Å². The Hall–Kier alpha value is -0.300. The van der Waals surface area contributed by atoms with Gasteiger partial charge in [0.15, 0.2) is 0 Å². The summed E-state index contributed by atoms with van der Waals surface area (Å²) in [6, 6.07) is 0. The molecule has 4 atom stereocenters. The summed E-state index contributed by atoms with van der Waals surface area (Å²) < 4.78 is 5.42. The average Bonchev–Trinajstić information content (AvgIpc) is 3.01. The summed E-state index contributed by atoms with van der Waals surface area (Å²) in [7, 11) is 0. The summed E-state index contributed by atoms with van der Waals surface area (Å²) in [6.45, 7) is 2.05. The molecule has 1 heterocycles. The van der Waals surface area contributed by atoms with Crippen LogP contribution in [0, 0.1) is 23.7 Å². The van der Waals surface area contributed by atoms with Gasteiger partial charge in [-0.15, -0.1) is 0 Å².